The molecule has 0 spiro atoms. The number of ether oxygens (including phenoxy) is 2. The number of amides is 1. The first-order chi connectivity index (χ1) is 11.2. The van der Waals surface area contributed by atoms with Crippen LogP contribution in [0, 0.1) is 0 Å². The molecule has 6 nitrogen and oxygen atoms in total. The molecule has 0 aliphatic carbocycles. The van der Waals surface area contributed by atoms with Crippen LogP contribution in [0.25, 0.3) is 10.9 Å². The lowest BCUT2D eigenvalue weighted by Crippen LogP contribution is -2.22. The molecule has 23 heavy (non-hydrogen) atoms. The number of aromatic amines is 1. The number of fused-ring (bicyclic) bond motifs is 1. The molecule has 2 N–H and O–H groups in total. The van der Waals surface area contributed by atoms with Crippen LogP contribution < -0.4 is 10.1 Å². The second-order valence-electron chi connectivity index (χ2n) is 4.78. The monoisotopic (exact) mass is 351 g/mol. The number of carbonyl (C=O) groups is 1. The van der Waals surface area contributed by atoms with Crippen molar-refractivity contribution in [1.29, 1.82) is 0 Å². The van der Waals surface area contributed by atoms with E-state index in [0.29, 0.717) is 23.9 Å². The predicted octanol–water partition coefficient (Wildman–Crippen LogP) is 3.71. The first kappa shape index (κ1) is 15.6. The van der Waals surface area contributed by atoms with Gasteiger partial charge in [-0.15, -0.1) is 11.3 Å². The minimum Gasteiger partial charge on any atom is -0.486 e. The number of aromatic nitrogens is 2. The SMILES string of the molecule is COC(=O)NCc1cc2cc(Cl)c(OCc3cscn3)cc2[nH]1. The van der Waals surface area contributed by atoms with E-state index < -0.39 is 6.09 Å². The van der Waals surface area contributed by atoms with Crippen LogP contribution in [-0.4, -0.2) is 23.2 Å². The van der Waals surface area contributed by atoms with Crippen molar-refractivity contribution in [2.24, 2.45) is 0 Å². The van der Waals surface area contributed by atoms with Gasteiger partial charge in [0, 0.05) is 28.0 Å². The van der Waals surface area contributed by atoms with Crippen molar-refractivity contribution < 1.29 is 14.3 Å². The molecule has 0 aliphatic rings. The van der Waals surface area contributed by atoms with Crippen molar-refractivity contribution in [3.8, 4) is 5.75 Å². The second-order valence-corrected chi connectivity index (χ2v) is 5.90. The van der Waals surface area contributed by atoms with Crippen molar-refractivity contribution in [1.82, 2.24) is 15.3 Å². The lowest BCUT2D eigenvalue weighted by Gasteiger charge is -2.06. The van der Waals surface area contributed by atoms with Crippen molar-refractivity contribution in [3.05, 3.63) is 45.5 Å². The number of halogens is 1. The summed E-state index contributed by atoms with van der Waals surface area (Å²) in [5.41, 5.74) is 4.35. The first-order valence-corrected chi connectivity index (χ1v) is 8.10. The van der Waals surface area contributed by atoms with Crippen LogP contribution >= 0.6 is 22.9 Å². The average Bonchev–Trinajstić information content (AvgIpc) is 3.19. The lowest BCUT2D eigenvalue weighted by molar-refractivity contribution is 0.170. The number of benzene rings is 1. The largest absolute Gasteiger partial charge is 0.486 e. The molecule has 0 aliphatic heterocycles. The molecule has 0 bridgehead atoms. The third-order valence-corrected chi connectivity index (χ3v) is 4.13. The maximum absolute atomic E-state index is 11.1. The number of carbonyl (C=O) groups excluding carboxylic acids is 1. The Morgan fingerprint density at radius 3 is 3.04 bits per heavy atom. The average molecular weight is 352 g/mol. The zero-order valence-corrected chi connectivity index (χ0v) is 13.8. The summed E-state index contributed by atoms with van der Waals surface area (Å²) in [6.45, 7) is 0.709. The number of alkyl carbamates (subject to hydrolysis) is 1. The molecule has 1 amide bonds. The highest BCUT2D eigenvalue weighted by Gasteiger charge is 2.09. The summed E-state index contributed by atoms with van der Waals surface area (Å²) in [5, 5.41) is 6.02. The smallest absolute Gasteiger partial charge is 0.407 e. The molecule has 0 unspecified atom stereocenters. The van der Waals surface area contributed by atoms with E-state index in [2.05, 4.69) is 20.0 Å². The van der Waals surface area contributed by atoms with Gasteiger partial charge < -0.3 is 19.8 Å². The van der Waals surface area contributed by atoms with E-state index in [1.54, 1.807) is 5.51 Å². The molecule has 0 fully saturated rings. The molecule has 0 saturated heterocycles. The lowest BCUT2D eigenvalue weighted by atomic mass is 10.2. The van der Waals surface area contributed by atoms with E-state index in [4.69, 9.17) is 16.3 Å². The second kappa shape index (κ2) is 6.89. The van der Waals surface area contributed by atoms with E-state index >= 15 is 0 Å². The highest BCUT2D eigenvalue weighted by molar-refractivity contribution is 7.07. The van der Waals surface area contributed by atoms with Crippen LogP contribution in [-0.2, 0) is 17.9 Å². The number of nitrogens with one attached hydrogen (secondary N) is 2. The fraction of sp³-hybridized carbons (Fsp3) is 0.200. The van der Waals surface area contributed by atoms with Gasteiger partial charge in [0.2, 0.25) is 0 Å². The summed E-state index contributed by atoms with van der Waals surface area (Å²) in [7, 11) is 1.33. The van der Waals surface area contributed by atoms with Gasteiger partial charge in [0.05, 0.1) is 29.9 Å². The van der Waals surface area contributed by atoms with Crippen LogP contribution in [0.5, 0.6) is 5.75 Å². The molecular weight excluding hydrogens is 338 g/mol. The highest BCUT2D eigenvalue weighted by Crippen LogP contribution is 2.31. The Hall–Kier alpha value is -2.25. The standard InChI is InChI=1S/C15H14ClN3O3S/c1-21-15(20)17-5-10-2-9-3-12(16)14(4-13(9)19-10)22-6-11-7-23-8-18-11/h2-4,7-8,19H,5-6H2,1H3,(H,17,20). The number of hydrogen-bond donors (Lipinski definition) is 2. The molecule has 8 heteroatoms. The molecule has 0 atom stereocenters. The van der Waals surface area contributed by atoms with Gasteiger partial charge in [-0.25, -0.2) is 9.78 Å². The minimum absolute atomic E-state index is 0.341. The Kier molecular flexibility index (Phi) is 4.68. The Bertz CT molecular complexity index is 817. The van der Waals surface area contributed by atoms with Gasteiger partial charge in [-0.1, -0.05) is 11.6 Å². The Morgan fingerprint density at radius 1 is 1.43 bits per heavy atom. The summed E-state index contributed by atoms with van der Waals surface area (Å²) in [5.74, 6) is 0.585. The molecule has 3 rings (SSSR count). The van der Waals surface area contributed by atoms with Crippen LogP contribution in [0.15, 0.2) is 29.1 Å². The molecular formula is C15H14ClN3O3S. The number of H-pyrrole nitrogens is 1. The number of nitrogens with zero attached hydrogens (tertiary/aromatic N) is 1. The first-order valence-electron chi connectivity index (χ1n) is 6.78. The van der Waals surface area contributed by atoms with E-state index in [0.717, 1.165) is 22.3 Å². The number of thiazole rings is 1. The molecule has 2 aromatic heterocycles. The summed E-state index contributed by atoms with van der Waals surface area (Å²) >= 11 is 7.78. The van der Waals surface area contributed by atoms with E-state index in [1.807, 2.05) is 23.6 Å². The predicted molar refractivity (Wildman–Crippen MR) is 89.0 cm³/mol. The van der Waals surface area contributed by atoms with Crippen LogP contribution in [0.1, 0.15) is 11.4 Å². The molecule has 0 radical (unpaired) electrons. The Balaban J connectivity index is 1.75. The molecule has 3 aromatic rings. The fourth-order valence-corrected chi connectivity index (χ4v) is 2.87. The normalized spacial score (nSPS) is 10.7. The van der Waals surface area contributed by atoms with Crippen LogP contribution in [0.3, 0.4) is 0 Å². The molecule has 0 saturated carbocycles. The third kappa shape index (κ3) is 3.75. The van der Waals surface area contributed by atoms with Gasteiger partial charge in [-0.05, 0) is 12.1 Å². The number of hydrogen-bond acceptors (Lipinski definition) is 5. The molecule has 1 aromatic carbocycles. The zero-order chi connectivity index (χ0) is 16.2. The molecule has 2 heterocycles. The van der Waals surface area contributed by atoms with Gasteiger partial charge in [0.15, 0.2) is 0 Å². The number of methoxy groups -OCH3 is 1. The van der Waals surface area contributed by atoms with E-state index in [-0.39, 0.29) is 0 Å². The van der Waals surface area contributed by atoms with Gasteiger partial charge in [-0.2, -0.15) is 0 Å². The van der Waals surface area contributed by atoms with Gasteiger partial charge >= 0.3 is 6.09 Å². The topological polar surface area (TPSA) is 76.2 Å². The van der Waals surface area contributed by atoms with Crippen LogP contribution in [0.4, 0.5) is 4.79 Å². The Labute approximate surface area is 141 Å². The maximum Gasteiger partial charge on any atom is 0.407 e. The minimum atomic E-state index is -0.478. The Morgan fingerprint density at radius 2 is 2.30 bits per heavy atom. The van der Waals surface area contributed by atoms with Crippen LogP contribution in [0.2, 0.25) is 5.02 Å². The number of rotatable bonds is 5. The van der Waals surface area contributed by atoms with E-state index in [1.165, 1.54) is 18.4 Å². The summed E-state index contributed by atoms with van der Waals surface area (Å²) in [6.07, 6.45) is -0.478. The van der Waals surface area contributed by atoms with E-state index in [9.17, 15) is 4.79 Å². The summed E-state index contributed by atoms with van der Waals surface area (Å²) < 4.78 is 10.3. The van der Waals surface area contributed by atoms with Gasteiger partial charge in [-0.3, -0.25) is 0 Å². The zero-order valence-electron chi connectivity index (χ0n) is 12.3. The highest BCUT2D eigenvalue weighted by atomic mass is 35.5. The van der Waals surface area contributed by atoms with Crippen molar-refractivity contribution in [2.45, 2.75) is 13.2 Å². The van der Waals surface area contributed by atoms with Crippen molar-refractivity contribution in [3.63, 3.8) is 0 Å². The third-order valence-electron chi connectivity index (χ3n) is 3.20. The van der Waals surface area contributed by atoms with Gasteiger partial charge in [0.25, 0.3) is 0 Å². The van der Waals surface area contributed by atoms with Crippen molar-refractivity contribution in [2.75, 3.05) is 7.11 Å². The summed E-state index contributed by atoms with van der Waals surface area (Å²) in [6, 6.07) is 5.58. The van der Waals surface area contributed by atoms with Gasteiger partial charge in [0.1, 0.15) is 12.4 Å². The van der Waals surface area contributed by atoms with Crippen molar-refractivity contribution >= 4 is 39.9 Å². The summed E-state index contributed by atoms with van der Waals surface area (Å²) in [4.78, 5) is 18.5. The maximum atomic E-state index is 11.1. The quantitative estimate of drug-likeness (QED) is 0.734. The fourth-order valence-electron chi connectivity index (χ4n) is 2.10. The molecule has 120 valence electrons.